The molecule has 0 aliphatic heterocycles. The lowest BCUT2D eigenvalue weighted by Crippen LogP contribution is -2.49. The lowest BCUT2D eigenvalue weighted by atomic mass is 10.1. The van der Waals surface area contributed by atoms with Crippen molar-refractivity contribution in [3.63, 3.8) is 0 Å². The zero-order chi connectivity index (χ0) is 22.1. The van der Waals surface area contributed by atoms with Gasteiger partial charge >= 0.3 is 0 Å². The van der Waals surface area contributed by atoms with Gasteiger partial charge in [-0.15, -0.1) is 11.8 Å². The molecule has 0 heterocycles. The zero-order valence-electron chi connectivity index (χ0n) is 17.5. The summed E-state index contributed by atoms with van der Waals surface area (Å²) in [6.07, 6.45) is 1.19. The molecule has 0 aliphatic rings. The maximum absolute atomic E-state index is 13.1. The Balaban J connectivity index is 2.07. The normalized spacial score (nSPS) is 12.8. The van der Waals surface area contributed by atoms with Crippen molar-refractivity contribution >= 4 is 51.1 Å². The molecule has 1 N–H and O–H groups in total. The molecule has 0 saturated heterocycles. The minimum atomic E-state index is -0.550. The number of hydrogen-bond donors (Lipinski definition) is 1. The van der Waals surface area contributed by atoms with Crippen LogP contribution in [0.1, 0.15) is 39.2 Å². The Kier molecular flexibility index (Phi) is 10.2. The standard InChI is InChI=1S/C23H28BrClN2O2S/c1-4-16(2)26-23(29)17(3)27(15-18-6-5-7-19(24)14-18)22(28)12-13-30-21-10-8-20(25)9-11-21/h5-11,14,16-17H,4,12-13,15H2,1-3H3,(H,26,29)/t16-,17-/m0/s1. The molecule has 2 atom stereocenters. The van der Waals surface area contributed by atoms with Crippen molar-refractivity contribution in [1.29, 1.82) is 0 Å². The number of amides is 2. The zero-order valence-corrected chi connectivity index (χ0v) is 20.7. The molecule has 0 spiro atoms. The van der Waals surface area contributed by atoms with Gasteiger partial charge in [-0.1, -0.05) is 46.6 Å². The first-order chi connectivity index (χ1) is 14.3. The van der Waals surface area contributed by atoms with E-state index in [1.54, 1.807) is 23.6 Å². The Morgan fingerprint density at radius 3 is 2.50 bits per heavy atom. The van der Waals surface area contributed by atoms with E-state index < -0.39 is 6.04 Å². The number of hydrogen-bond acceptors (Lipinski definition) is 3. The average molecular weight is 512 g/mol. The van der Waals surface area contributed by atoms with Gasteiger partial charge in [0.05, 0.1) is 0 Å². The highest BCUT2D eigenvalue weighted by Crippen LogP contribution is 2.22. The van der Waals surface area contributed by atoms with Crippen LogP contribution in [-0.2, 0) is 16.1 Å². The molecule has 30 heavy (non-hydrogen) atoms. The molecule has 2 rings (SSSR count). The van der Waals surface area contributed by atoms with Gasteiger partial charge in [0.1, 0.15) is 6.04 Å². The third-order valence-electron chi connectivity index (χ3n) is 4.81. The van der Waals surface area contributed by atoms with Gasteiger partial charge in [0.2, 0.25) is 11.8 Å². The fourth-order valence-corrected chi connectivity index (χ4v) is 4.22. The second-order valence-electron chi connectivity index (χ2n) is 7.20. The first-order valence-electron chi connectivity index (χ1n) is 10.0. The molecule has 2 aromatic rings. The molecule has 2 amide bonds. The smallest absolute Gasteiger partial charge is 0.242 e. The number of benzene rings is 2. The van der Waals surface area contributed by atoms with E-state index in [4.69, 9.17) is 11.6 Å². The molecule has 4 nitrogen and oxygen atoms in total. The highest BCUT2D eigenvalue weighted by Gasteiger charge is 2.26. The van der Waals surface area contributed by atoms with E-state index >= 15 is 0 Å². The van der Waals surface area contributed by atoms with Crippen LogP contribution in [0.25, 0.3) is 0 Å². The van der Waals surface area contributed by atoms with E-state index in [-0.39, 0.29) is 17.9 Å². The third kappa shape index (κ3) is 7.97. The Bertz CT molecular complexity index is 847. The summed E-state index contributed by atoms with van der Waals surface area (Å²) in [5.41, 5.74) is 0.978. The Morgan fingerprint density at radius 1 is 1.17 bits per heavy atom. The molecular formula is C23H28BrClN2O2S. The summed E-state index contributed by atoms with van der Waals surface area (Å²) in [6, 6.07) is 14.9. The van der Waals surface area contributed by atoms with Crippen molar-refractivity contribution in [2.24, 2.45) is 0 Å². The van der Waals surface area contributed by atoms with E-state index in [1.165, 1.54) is 0 Å². The first kappa shape index (κ1) is 24.8. The van der Waals surface area contributed by atoms with Crippen LogP contribution in [0.2, 0.25) is 5.02 Å². The van der Waals surface area contributed by atoms with Crippen LogP contribution in [0, 0.1) is 0 Å². The van der Waals surface area contributed by atoms with E-state index in [0.717, 1.165) is 21.4 Å². The van der Waals surface area contributed by atoms with E-state index in [9.17, 15) is 9.59 Å². The monoisotopic (exact) mass is 510 g/mol. The van der Waals surface area contributed by atoms with Crippen molar-refractivity contribution in [3.05, 3.63) is 63.6 Å². The molecule has 162 valence electrons. The lowest BCUT2D eigenvalue weighted by molar-refractivity contribution is -0.140. The van der Waals surface area contributed by atoms with Gasteiger partial charge in [-0.2, -0.15) is 0 Å². The fourth-order valence-electron chi connectivity index (χ4n) is 2.81. The molecule has 0 radical (unpaired) electrons. The van der Waals surface area contributed by atoms with Crippen LogP contribution < -0.4 is 5.32 Å². The Labute approximate surface area is 196 Å². The minimum absolute atomic E-state index is 0.0387. The molecule has 0 aliphatic carbocycles. The highest BCUT2D eigenvalue weighted by molar-refractivity contribution is 9.10. The van der Waals surface area contributed by atoms with Gasteiger partial charge in [0.25, 0.3) is 0 Å². The number of halogens is 2. The van der Waals surface area contributed by atoms with E-state index in [1.807, 2.05) is 62.4 Å². The second-order valence-corrected chi connectivity index (χ2v) is 9.72. The summed E-state index contributed by atoms with van der Waals surface area (Å²) < 4.78 is 0.947. The summed E-state index contributed by atoms with van der Waals surface area (Å²) in [7, 11) is 0. The SMILES string of the molecule is CC[C@H](C)NC(=O)[C@H](C)N(Cc1cccc(Br)c1)C(=O)CCSc1ccc(Cl)cc1. The molecule has 0 aromatic heterocycles. The van der Waals surface area contributed by atoms with E-state index in [2.05, 4.69) is 21.2 Å². The van der Waals surface area contributed by atoms with Gasteiger partial charge in [-0.25, -0.2) is 0 Å². The largest absolute Gasteiger partial charge is 0.352 e. The molecular weight excluding hydrogens is 484 g/mol. The maximum atomic E-state index is 13.1. The summed E-state index contributed by atoms with van der Waals surface area (Å²) in [6.45, 7) is 6.17. The molecule has 7 heteroatoms. The highest BCUT2D eigenvalue weighted by atomic mass is 79.9. The third-order valence-corrected chi connectivity index (χ3v) is 6.57. The van der Waals surface area contributed by atoms with Crippen LogP contribution in [0.3, 0.4) is 0 Å². The second kappa shape index (κ2) is 12.4. The molecule has 0 saturated carbocycles. The predicted molar refractivity (Wildman–Crippen MR) is 129 cm³/mol. The van der Waals surface area contributed by atoms with E-state index in [0.29, 0.717) is 23.7 Å². The summed E-state index contributed by atoms with van der Waals surface area (Å²) in [4.78, 5) is 28.5. The van der Waals surface area contributed by atoms with Gasteiger partial charge in [0.15, 0.2) is 0 Å². The molecule has 2 aromatic carbocycles. The topological polar surface area (TPSA) is 49.4 Å². The summed E-state index contributed by atoms with van der Waals surface area (Å²) in [5, 5.41) is 3.68. The van der Waals surface area contributed by atoms with Crippen LogP contribution >= 0.6 is 39.3 Å². The molecule has 0 bridgehead atoms. The molecule has 0 fully saturated rings. The summed E-state index contributed by atoms with van der Waals surface area (Å²) in [5.74, 6) is 0.469. The first-order valence-corrected chi connectivity index (χ1v) is 12.2. The van der Waals surface area contributed by atoms with Gasteiger partial charge in [0, 0.05) is 39.2 Å². The average Bonchev–Trinajstić information content (AvgIpc) is 2.72. The fraction of sp³-hybridized carbons (Fsp3) is 0.391. The number of rotatable bonds is 10. The quantitative estimate of drug-likeness (QED) is 0.403. The number of carbonyl (C=O) groups is 2. The number of carbonyl (C=O) groups excluding carboxylic acids is 2. The van der Waals surface area contributed by atoms with Crippen LogP contribution in [0.15, 0.2) is 57.9 Å². The summed E-state index contributed by atoms with van der Waals surface area (Å²) >= 11 is 11.0. The van der Waals surface area contributed by atoms with Crippen molar-refractivity contribution in [2.75, 3.05) is 5.75 Å². The van der Waals surface area contributed by atoms with Gasteiger partial charge in [-0.3, -0.25) is 9.59 Å². The molecule has 0 unspecified atom stereocenters. The van der Waals surface area contributed by atoms with Crippen LogP contribution in [0.5, 0.6) is 0 Å². The minimum Gasteiger partial charge on any atom is -0.352 e. The van der Waals surface area contributed by atoms with Crippen molar-refractivity contribution < 1.29 is 9.59 Å². The Hall–Kier alpha value is -1.50. The van der Waals surface area contributed by atoms with Crippen molar-refractivity contribution in [3.8, 4) is 0 Å². The van der Waals surface area contributed by atoms with Crippen molar-refractivity contribution in [1.82, 2.24) is 10.2 Å². The predicted octanol–water partition coefficient (Wildman–Crippen LogP) is 5.92. The van der Waals surface area contributed by atoms with Crippen molar-refractivity contribution in [2.45, 2.75) is 57.1 Å². The maximum Gasteiger partial charge on any atom is 0.242 e. The van der Waals surface area contributed by atoms with Crippen LogP contribution in [-0.4, -0.2) is 34.6 Å². The van der Waals surface area contributed by atoms with Gasteiger partial charge in [-0.05, 0) is 62.2 Å². The number of nitrogens with zero attached hydrogens (tertiary/aromatic N) is 1. The number of thioether (sulfide) groups is 1. The van der Waals surface area contributed by atoms with Gasteiger partial charge < -0.3 is 10.2 Å². The van der Waals surface area contributed by atoms with Crippen LogP contribution in [0.4, 0.5) is 0 Å². The number of nitrogens with one attached hydrogen (secondary N) is 1. The lowest BCUT2D eigenvalue weighted by Gasteiger charge is -2.29. The Morgan fingerprint density at radius 2 is 1.87 bits per heavy atom.